The molecule has 176 valence electrons. The van der Waals surface area contributed by atoms with Gasteiger partial charge in [0, 0.05) is 31.7 Å². The van der Waals surface area contributed by atoms with Crippen LogP contribution in [0.5, 0.6) is 0 Å². The van der Waals surface area contributed by atoms with Gasteiger partial charge in [0.25, 0.3) is 0 Å². The van der Waals surface area contributed by atoms with Crippen LogP contribution in [0.4, 0.5) is 5.69 Å². The Morgan fingerprint density at radius 3 is 2.36 bits per heavy atom. The van der Waals surface area contributed by atoms with Crippen LogP contribution in [0.2, 0.25) is 0 Å². The fraction of sp³-hybridized carbons (Fsp3) is 0.423. The van der Waals surface area contributed by atoms with Gasteiger partial charge in [-0.25, -0.2) is 4.79 Å². The van der Waals surface area contributed by atoms with E-state index < -0.39 is 5.92 Å². The van der Waals surface area contributed by atoms with E-state index in [0.717, 1.165) is 18.7 Å². The lowest BCUT2D eigenvalue weighted by Crippen LogP contribution is -2.28. The van der Waals surface area contributed by atoms with E-state index in [1.807, 2.05) is 31.2 Å². The van der Waals surface area contributed by atoms with Crippen molar-refractivity contribution in [2.24, 2.45) is 5.92 Å². The fourth-order valence-corrected chi connectivity index (χ4v) is 3.84. The van der Waals surface area contributed by atoms with Gasteiger partial charge in [-0.2, -0.15) is 0 Å². The smallest absolute Gasteiger partial charge is 0.338 e. The molecule has 1 aliphatic heterocycles. The van der Waals surface area contributed by atoms with Crippen molar-refractivity contribution in [1.29, 1.82) is 0 Å². The van der Waals surface area contributed by atoms with Gasteiger partial charge in [0.15, 0.2) is 0 Å². The molecule has 7 heteroatoms. The zero-order valence-electron chi connectivity index (χ0n) is 19.7. The second-order valence-electron chi connectivity index (χ2n) is 8.39. The standard InChI is InChI=1S/C26H33N3O4/c1-4-28(5-2)14-15-33-26(32)21-10-12-23(13-11-21)27-25(31)22-16-24(30)29(18-22)17-20-8-6-19(3)7-9-20/h6-13,22H,4-5,14-18H2,1-3H3,(H,27,31)/t22-/m0/s1. The summed E-state index contributed by atoms with van der Waals surface area (Å²) in [4.78, 5) is 41.2. The topological polar surface area (TPSA) is 79.0 Å². The number of nitrogens with zero attached hydrogens (tertiary/aromatic N) is 2. The summed E-state index contributed by atoms with van der Waals surface area (Å²) in [5.41, 5.74) is 3.24. The fourth-order valence-electron chi connectivity index (χ4n) is 3.84. The number of aryl methyl sites for hydroxylation is 1. The summed E-state index contributed by atoms with van der Waals surface area (Å²) >= 11 is 0. The number of anilines is 1. The third-order valence-corrected chi connectivity index (χ3v) is 6.00. The van der Waals surface area contributed by atoms with E-state index >= 15 is 0 Å². The quantitative estimate of drug-likeness (QED) is 0.560. The SMILES string of the molecule is CCN(CC)CCOC(=O)c1ccc(NC(=O)[C@H]2CC(=O)N(Cc3ccc(C)cc3)C2)cc1. The average molecular weight is 452 g/mol. The molecule has 1 heterocycles. The molecule has 0 unspecified atom stereocenters. The van der Waals surface area contributed by atoms with Crippen LogP contribution in [0.25, 0.3) is 0 Å². The Morgan fingerprint density at radius 2 is 1.73 bits per heavy atom. The molecule has 33 heavy (non-hydrogen) atoms. The Labute approximate surface area is 195 Å². The molecule has 0 spiro atoms. The van der Waals surface area contributed by atoms with Crippen molar-refractivity contribution in [2.45, 2.75) is 33.7 Å². The number of carbonyl (C=O) groups is 3. The summed E-state index contributed by atoms with van der Waals surface area (Å²) < 4.78 is 5.33. The number of rotatable bonds is 10. The predicted octanol–water partition coefficient (Wildman–Crippen LogP) is 3.48. The van der Waals surface area contributed by atoms with Crippen LogP contribution in [0, 0.1) is 12.8 Å². The van der Waals surface area contributed by atoms with Gasteiger partial charge < -0.3 is 19.9 Å². The zero-order chi connectivity index (χ0) is 23.8. The molecule has 0 radical (unpaired) electrons. The molecule has 1 N–H and O–H groups in total. The lowest BCUT2D eigenvalue weighted by Gasteiger charge is -2.17. The first-order valence-electron chi connectivity index (χ1n) is 11.5. The second kappa shape index (κ2) is 11.6. The first kappa shape index (κ1) is 24.5. The van der Waals surface area contributed by atoms with Crippen molar-refractivity contribution < 1.29 is 19.1 Å². The van der Waals surface area contributed by atoms with Crippen molar-refractivity contribution in [3.63, 3.8) is 0 Å². The molecule has 0 bridgehead atoms. The van der Waals surface area contributed by atoms with E-state index in [1.54, 1.807) is 29.2 Å². The van der Waals surface area contributed by atoms with Gasteiger partial charge in [0.05, 0.1) is 11.5 Å². The molecule has 1 aliphatic rings. The zero-order valence-corrected chi connectivity index (χ0v) is 19.7. The van der Waals surface area contributed by atoms with Crippen LogP contribution in [0.3, 0.4) is 0 Å². The summed E-state index contributed by atoms with van der Waals surface area (Å²) in [5, 5.41) is 2.86. The van der Waals surface area contributed by atoms with E-state index in [-0.39, 0.29) is 24.2 Å². The predicted molar refractivity (Wildman–Crippen MR) is 128 cm³/mol. The van der Waals surface area contributed by atoms with E-state index in [9.17, 15) is 14.4 Å². The number of likely N-dealkylation sites (N-methyl/N-ethyl adjacent to an activating group) is 1. The van der Waals surface area contributed by atoms with Crippen LogP contribution in [0.1, 0.15) is 41.8 Å². The van der Waals surface area contributed by atoms with Crippen molar-refractivity contribution in [3.8, 4) is 0 Å². The summed E-state index contributed by atoms with van der Waals surface area (Å²) in [6, 6.07) is 14.7. The van der Waals surface area contributed by atoms with Crippen molar-refractivity contribution in [3.05, 3.63) is 65.2 Å². The molecule has 0 aromatic heterocycles. The Bertz CT molecular complexity index is 953. The third kappa shape index (κ3) is 6.89. The molecule has 3 rings (SSSR count). The highest BCUT2D eigenvalue weighted by Crippen LogP contribution is 2.22. The summed E-state index contributed by atoms with van der Waals surface area (Å²) in [6.45, 7) is 9.94. The van der Waals surface area contributed by atoms with Crippen LogP contribution in [0.15, 0.2) is 48.5 Å². The molecule has 7 nitrogen and oxygen atoms in total. The minimum atomic E-state index is -0.396. The first-order valence-corrected chi connectivity index (χ1v) is 11.5. The summed E-state index contributed by atoms with van der Waals surface area (Å²) in [5.74, 6) is -0.983. The maximum atomic E-state index is 12.7. The number of carbonyl (C=O) groups excluding carboxylic acids is 3. The largest absolute Gasteiger partial charge is 0.461 e. The van der Waals surface area contributed by atoms with Gasteiger partial charge in [-0.05, 0) is 49.8 Å². The summed E-state index contributed by atoms with van der Waals surface area (Å²) in [6.07, 6.45) is 0.203. The molecule has 2 aromatic rings. The summed E-state index contributed by atoms with van der Waals surface area (Å²) in [7, 11) is 0. The van der Waals surface area contributed by atoms with Gasteiger partial charge in [-0.15, -0.1) is 0 Å². The van der Waals surface area contributed by atoms with E-state index in [2.05, 4.69) is 24.1 Å². The highest BCUT2D eigenvalue weighted by Gasteiger charge is 2.34. The number of benzene rings is 2. The maximum absolute atomic E-state index is 12.7. The van der Waals surface area contributed by atoms with Crippen LogP contribution in [-0.4, -0.2) is 60.4 Å². The van der Waals surface area contributed by atoms with Gasteiger partial charge in [-0.1, -0.05) is 43.7 Å². The number of likely N-dealkylation sites (tertiary alicyclic amines) is 1. The number of esters is 1. The van der Waals surface area contributed by atoms with Crippen molar-refractivity contribution in [1.82, 2.24) is 9.80 Å². The molecule has 1 fully saturated rings. The van der Waals surface area contributed by atoms with Gasteiger partial charge in [0.2, 0.25) is 11.8 Å². The molecule has 0 saturated carbocycles. The molecular formula is C26H33N3O4. The van der Waals surface area contributed by atoms with Crippen LogP contribution in [-0.2, 0) is 20.9 Å². The molecular weight excluding hydrogens is 418 g/mol. The minimum absolute atomic E-state index is 0.0152. The number of hydrogen-bond acceptors (Lipinski definition) is 5. The second-order valence-corrected chi connectivity index (χ2v) is 8.39. The molecule has 2 aromatic carbocycles. The number of amides is 2. The van der Waals surface area contributed by atoms with E-state index in [1.165, 1.54) is 5.56 Å². The highest BCUT2D eigenvalue weighted by atomic mass is 16.5. The Balaban J connectivity index is 1.48. The van der Waals surface area contributed by atoms with Gasteiger partial charge in [0.1, 0.15) is 6.61 Å². The highest BCUT2D eigenvalue weighted by molar-refractivity contribution is 5.97. The lowest BCUT2D eigenvalue weighted by atomic mass is 10.1. The van der Waals surface area contributed by atoms with Crippen LogP contribution < -0.4 is 5.32 Å². The Morgan fingerprint density at radius 1 is 1.06 bits per heavy atom. The number of ether oxygens (including phenoxy) is 1. The average Bonchev–Trinajstić information content (AvgIpc) is 3.19. The number of hydrogen-bond donors (Lipinski definition) is 1. The van der Waals surface area contributed by atoms with E-state index in [4.69, 9.17) is 4.74 Å². The van der Waals surface area contributed by atoms with Crippen molar-refractivity contribution >= 4 is 23.5 Å². The van der Waals surface area contributed by atoms with Gasteiger partial charge >= 0.3 is 5.97 Å². The molecule has 1 atom stereocenters. The number of nitrogens with one attached hydrogen (secondary N) is 1. The minimum Gasteiger partial charge on any atom is -0.461 e. The normalized spacial score (nSPS) is 15.7. The van der Waals surface area contributed by atoms with E-state index in [0.29, 0.717) is 37.5 Å². The van der Waals surface area contributed by atoms with Crippen molar-refractivity contribution in [2.75, 3.05) is 38.1 Å². The Hall–Kier alpha value is -3.19. The molecule has 0 aliphatic carbocycles. The monoisotopic (exact) mass is 451 g/mol. The Kier molecular flexibility index (Phi) is 8.60. The van der Waals surface area contributed by atoms with Gasteiger partial charge in [-0.3, -0.25) is 9.59 Å². The third-order valence-electron chi connectivity index (χ3n) is 6.00. The first-order chi connectivity index (χ1) is 15.9. The lowest BCUT2D eigenvalue weighted by molar-refractivity contribution is -0.128. The van der Waals surface area contributed by atoms with Crippen LogP contribution >= 0.6 is 0 Å². The molecule has 1 saturated heterocycles. The molecule has 2 amide bonds. The maximum Gasteiger partial charge on any atom is 0.338 e.